The number of unbranched alkanes of at least 4 members (excludes halogenated alkanes) is 15. The fourth-order valence-electron chi connectivity index (χ4n) is 3.68. The Kier molecular flexibility index (Phi) is 36.0. The van der Waals surface area contributed by atoms with Crippen molar-refractivity contribution in [2.75, 3.05) is 18.5 Å². The first-order valence-electron chi connectivity index (χ1n) is 12.1. The normalized spacial score (nSPS) is 10.7. The quantitative estimate of drug-likeness (QED) is 0.0866. The number of hydrogen-bond donors (Lipinski definition) is 0. The van der Waals surface area contributed by atoms with Crippen LogP contribution in [-0.4, -0.2) is 35.6 Å². The van der Waals surface area contributed by atoms with Gasteiger partial charge in [0.15, 0.2) is 0 Å². The van der Waals surface area contributed by atoms with Crippen molar-refractivity contribution in [1.82, 2.24) is 0 Å². The molecule has 0 radical (unpaired) electrons. The number of hydrogen-bond acceptors (Lipinski definition) is 0. The van der Waals surface area contributed by atoms with E-state index in [4.69, 9.17) is 0 Å². The molecule has 0 rings (SSSR count). The first kappa shape index (κ1) is 33.0. The van der Waals surface area contributed by atoms with Crippen LogP contribution in [0, 0.1) is 0 Å². The summed E-state index contributed by atoms with van der Waals surface area (Å²) in [5, 5.41) is 0. The van der Waals surface area contributed by atoms with Crippen molar-refractivity contribution >= 4 is 38.5 Å². The summed E-state index contributed by atoms with van der Waals surface area (Å²) in [6.45, 7) is 6.96. The molecule has 0 atom stereocenters. The first-order valence-corrected chi connectivity index (χ1v) is 14.0. The van der Waals surface area contributed by atoms with E-state index in [9.17, 15) is 0 Å². The van der Waals surface area contributed by atoms with Gasteiger partial charge in [0.25, 0.3) is 0 Å². The van der Waals surface area contributed by atoms with Crippen LogP contribution in [0.3, 0.4) is 0 Å². The molecule has 0 spiro atoms. The summed E-state index contributed by atoms with van der Waals surface area (Å²) in [7, 11) is 0.366. The van der Waals surface area contributed by atoms with Crippen molar-refractivity contribution in [2.45, 2.75) is 136 Å². The minimum absolute atomic E-state index is 0. The molecule has 0 aliphatic heterocycles. The van der Waals surface area contributed by atoms with Gasteiger partial charge in [0, 0.05) is 0 Å². The molecule has 0 aromatic carbocycles. The van der Waals surface area contributed by atoms with E-state index in [1.807, 2.05) is 0 Å². The Hall–Kier alpha value is 1.30. The van der Waals surface area contributed by atoms with E-state index in [-0.39, 0.29) is 30.6 Å². The predicted octanol–water partition coefficient (Wildman–Crippen LogP) is 8.75. The second-order valence-corrected chi connectivity index (χ2v) is 10.8. The van der Waals surface area contributed by atoms with Gasteiger partial charge in [-0.15, -0.1) is 7.92 Å². The maximum absolute atomic E-state index is 2.32. The molecule has 0 amide bonds. The van der Waals surface area contributed by atoms with Crippen LogP contribution in [0.5, 0.6) is 0 Å². The molecule has 0 aliphatic rings. The molecule has 0 N–H and O–H groups in total. The Labute approximate surface area is 192 Å². The van der Waals surface area contributed by atoms with Crippen molar-refractivity contribution < 1.29 is 0 Å². The van der Waals surface area contributed by atoms with Crippen molar-refractivity contribution in [3.05, 3.63) is 0 Å². The summed E-state index contributed by atoms with van der Waals surface area (Å²) in [4.78, 5) is 0. The predicted molar refractivity (Wildman–Crippen MR) is 141 cm³/mol. The van der Waals surface area contributed by atoms with Crippen molar-refractivity contribution in [3.63, 3.8) is 0 Å². The van der Waals surface area contributed by atoms with Crippen molar-refractivity contribution in [2.24, 2.45) is 0 Å². The van der Waals surface area contributed by atoms with Gasteiger partial charge in [0.1, 0.15) is 0 Å². The van der Waals surface area contributed by atoms with E-state index in [1.165, 1.54) is 116 Å². The van der Waals surface area contributed by atoms with Crippen LogP contribution in [0.2, 0.25) is 0 Å². The molecule has 0 aromatic heterocycles. The van der Waals surface area contributed by atoms with E-state index in [1.54, 1.807) is 18.5 Å². The van der Waals surface area contributed by atoms with Gasteiger partial charge in [-0.05, 0) is 37.7 Å². The summed E-state index contributed by atoms with van der Waals surface area (Å²) in [6, 6.07) is 0. The molecule has 0 bridgehead atoms. The molecule has 168 valence electrons. The van der Waals surface area contributed by atoms with Crippen LogP contribution in [0.25, 0.3) is 0 Å². The molecule has 3 heteroatoms. The van der Waals surface area contributed by atoms with Gasteiger partial charge in [-0.3, -0.25) is 0 Å². The van der Waals surface area contributed by atoms with E-state index in [0.717, 1.165) is 0 Å². The van der Waals surface area contributed by atoms with Gasteiger partial charge < -0.3 is 0 Å². The average molecular weight is 486 g/mol. The van der Waals surface area contributed by atoms with E-state index >= 15 is 0 Å². The Balaban J connectivity index is -0.00000288. The zero-order valence-electron chi connectivity index (χ0n) is 19.3. The standard InChI is InChI=1S/C24H51P.H2S.H2Se/c1-4-7-10-13-16-19-22-25(23-20-17-14-11-8-5-2)24-21-18-15-12-9-6-3;;/h4-24H2,1-3H3;2*1H2. The van der Waals surface area contributed by atoms with Crippen LogP contribution in [-0.2, 0) is 0 Å². The van der Waals surface area contributed by atoms with Gasteiger partial charge in [0.2, 0.25) is 0 Å². The fraction of sp³-hybridized carbons (Fsp3) is 1.00. The average Bonchev–Trinajstić information content (AvgIpc) is 2.63. The SMILES string of the molecule is CCCCCCCCP(CCCCCCCC)CCCCCCCC.S.[SeH2]. The molecular weight excluding hydrogens is 430 g/mol. The van der Waals surface area contributed by atoms with Gasteiger partial charge in [-0.2, -0.15) is 13.5 Å². The summed E-state index contributed by atoms with van der Waals surface area (Å²) < 4.78 is 0. The van der Waals surface area contributed by atoms with Crippen LogP contribution in [0.1, 0.15) is 136 Å². The van der Waals surface area contributed by atoms with Crippen LogP contribution in [0.4, 0.5) is 0 Å². The summed E-state index contributed by atoms with van der Waals surface area (Å²) in [5.74, 6) is 0. The second-order valence-electron chi connectivity index (χ2n) is 8.14. The van der Waals surface area contributed by atoms with Crippen LogP contribution < -0.4 is 0 Å². The first-order chi connectivity index (χ1) is 12.3. The molecule has 27 heavy (non-hydrogen) atoms. The molecule has 0 unspecified atom stereocenters. The molecular formula is C24H55PSSe. The Morgan fingerprint density at radius 3 is 0.852 bits per heavy atom. The molecule has 0 aromatic rings. The molecule has 0 saturated carbocycles. The topological polar surface area (TPSA) is 0 Å². The third kappa shape index (κ3) is 27.3. The second kappa shape index (κ2) is 29.5. The Morgan fingerprint density at radius 2 is 0.593 bits per heavy atom. The zero-order valence-corrected chi connectivity index (χ0v) is 23.3. The van der Waals surface area contributed by atoms with Gasteiger partial charge in [0.05, 0.1) is 0 Å². The van der Waals surface area contributed by atoms with Crippen LogP contribution >= 0.6 is 21.4 Å². The molecule has 0 nitrogen and oxygen atoms in total. The number of rotatable bonds is 21. The third-order valence-corrected chi connectivity index (χ3v) is 8.33. The third-order valence-electron chi connectivity index (χ3n) is 5.48. The van der Waals surface area contributed by atoms with E-state index in [2.05, 4.69) is 20.8 Å². The Bertz CT molecular complexity index is 200. The van der Waals surface area contributed by atoms with Crippen molar-refractivity contribution in [1.29, 1.82) is 0 Å². The molecule has 0 aliphatic carbocycles. The van der Waals surface area contributed by atoms with Crippen LogP contribution in [0.15, 0.2) is 0 Å². The van der Waals surface area contributed by atoms with Gasteiger partial charge >= 0.3 is 17.1 Å². The molecule has 0 heterocycles. The monoisotopic (exact) mass is 486 g/mol. The summed E-state index contributed by atoms with van der Waals surface area (Å²) in [6.07, 6.45) is 31.2. The van der Waals surface area contributed by atoms with Gasteiger partial charge in [-0.25, -0.2) is 0 Å². The minimum atomic E-state index is 0. The summed E-state index contributed by atoms with van der Waals surface area (Å²) >= 11 is 0. The Morgan fingerprint density at radius 1 is 0.370 bits per heavy atom. The van der Waals surface area contributed by atoms with Crippen molar-refractivity contribution in [3.8, 4) is 0 Å². The fourth-order valence-corrected chi connectivity index (χ4v) is 6.37. The van der Waals surface area contributed by atoms with E-state index in [0.29, 0.717) is 7.92 Å². The van der Waals surface area contributed by atoms with E-state index < -0.39 is 0 Å². The molecule has 0 fully saturated rings. The zero-order chi connectivity index (χ0) is 18.4. The molecule has 0 saturated heterocycles. The summed E-state index contributed by atoms with van der Waals surface area (Å²) in [5.41, 5.74) is 0. The maximum atomic E-state index is 2.32. The van der Waals surface area contributed by atoms with Gasteiger partial charge in [-0.1, -0.05) is 117 Å².